The molecule has 104 valence electrons. The van der Waals surface area contributed by atoms with Crippen molar-refractivity contribution in [1.29, 1.82) is 0 Å². The predicted octanol–water partition coefficient (Wildman–Crippen LogP) is 0.114. The number of ether oxygens (including phenoxy) is 3. The van der Waals surface area contributed by atoms with E-state index in [1.807, 2.05) is 0 Å². The second-order valence-corrected chi connectivity index (χ2v) is 4.94. The summed E-state index contributed by atoms with van der Waals surface area (Å²) < 4.78 is 14.7. The summed E-state index contributed by atoms with van der Waals surface area (Å²) in [6.45, 7) is 5.01. The lowest BCUT2D eigenvalue weighted by molar-refractivity contribution is -0.170. The van der Waals surface area contributed by atoms with Crippen LogP contribution in [0.15, 0.2) is 0 Å². The SMILES string of the molecule is COC(=O)C1COCC(O)N1C(=O)OC(C)(C)C. The van der Waals surface area contributed by atoms with Crippen molar-refractivity contribution in [2.75, 3.05) is 20.3 Å². The second kappa shape index (κ2) is 5.53. The van der Waals surface area contributed by atoms with E-state index in [4.69, 9.17) is 9.47 Å². The Morgan fingerprint density at radius 2 is 1.94 bits per heavy atom. The number of esters is 1. The third kappa shape index (κ3) is 3.58. The average molecular weight is 261 g/mol. The van der Waals surface area contributed by atoms with Crippen LogP contribution in [-0.2, 0) is 19.0 Å². The minimum absolute atomic E-state index is 0.0248. The van der Waals surface area contributed by atoms with Crippen LogP contribution in [-0.4, -0.2) is 60.3 Å². The van der Waals surface area contributed by atoms with E-state index in [1.165, 1.54) is 7.11 Å². The van der Waals surface area contributed by atoms with Crippen molar-refractivity contribution < 1.29 is 28.9 Å². The molecule has 2 atom stereocenters. The molecule has 0 aromatic carbocycles. The van der Waals surface area contributed by atoms with Crippen molar-refractivity contribution in [2.24, 2.45) is 0 Å². The summed E-state index contributed by atoms with van der Waals surface area (Å²) in [7, 11) is 1.20. The number of rotatable bonds is 1. The maximum Gasteiger partial charge on any atom is 0.413 e. The highest BCUT2D eigenvalue weighted by atomic mass is 16.6. The fourth-order valence-corrected chi connectivity index (χ4v) is 1.53. The standard InChI is InChI=1S/C11H19NO6/c1-11(2,3)18-10(15)12-7(9(14)16-4)5-17-6-8(12)13/h7-8,13H,5-6H2,1-4H3. The van der Waals surface area contributed by atoms with E-state index >= 15 is 0 Å². The Morgan fingerprint density at radius 1 is 1.33 bits per heavy atom. The van der Waals surface area contributed by atoms with Gasteiger partial charge in [0.1, 0.15) is 5.60 Å². The molecule has 0 bridgehead atoms. The molecule has 0 aromatic heterocycles. The minimum Gasteiger partial charge on any atom is -0.467 e. The Hall–Kier alpha value is -1.34. The molecule has 1 saturated heterocycles. The van der Waals surface area contributed by atoms with Gasteiger partial charge in [-0.25, -0.2) is 9.59 Å². The number of hydrogen-bond donors (Lipinski definition) is 1. The van der Waals surface area contributed by atoms with Crippen molar-refractivity contribution >= 4 is 12.1 Å². The fourth-order valence-electron chi connectivity index (χ4n) is 1.53. The maximum atomic E-state index is 11.9. The zero-order valence-electron chi connectivity index (χ0n) is 11.0. The average Bonchev–Trinajstić information content (AvgIpc) is 2.25. The number of nitrogens with zero attached hydrogens (tertiary/aromatic N) is 1. The molecular formula is C11H19NO6. The van der Waals surface area contributed by atoms with Gasteiger partial charge >= 0.3 is 12.1 Å². The summed E-state index contributed by atoms with van der Waals surface area (Å²) in [4.78, 5) is 24.4. The Balaban J connectivity index is 2.84. The number of carbonyl (C=O) groups excluding carboxylic acids is 2. The number of methoxy groups -OCH3 is 1. The first-order valence-corrected chi connectivity index (χ1v) is 5.61. The molecule has 1 aliphatic heterocycles. The summed E-state index contributed by atoms with van der Waals surface area (Å²) in [5, 5.41) is 9.74. The van der Waals surface area contributed by atoms with Crippen molar-refractivity contribution in [3.8, 4) is 0 Å². The van der Waals surface area contributed by atoms with Crippen LogP contribution in [0.1, 0.15) is 20.8 Å². The van der Waals surface area contributed by atoms with Gasteiger partial charge in [0.05, 0.1) is 20.3 Å². The van der Waals surface area contributed by atoms with Crippen LogP contribution < -0.4 is 0 Å². The van der Waals surface area contributed by atoms with Crippen LogP contribution >= 0.6 is 0 Å². The van der Waals surface area contributed by atoms with Crippen LogP contribution in [0.3, 0.4) is 0 Å². The highest BCUT2D eigenvalue weighted by Crippen LogP contribution is 2.18. The van der Waals surface area contributed by atoms with Crippen LogP contribution in [0, 0.1) is 0 Å². The van der Waals surface area contributed by atoms with E-state index in [0.29, 0.717) is 0 Å². The first kappa shape index (κ1) is 14.7. The third-order valence-electron chi connectivity index (χ3n) is 2.28. The Kier molecular flexibility index (Phi) is 4.53. The van der Waals surface area contributed by atoms with Gasteiger partial charge in [-0.3, -0.25) is 4.90 Å². The first-order chi connectivity index (χ1) is 8.26. The van der Waals surface area contributed by atoms with Crippen molar-refractivity contribution in [2.45, 2.75) is 38.6 Å². The number of hydrogen-bond acceptors (Lipinski definition) is 6. The molecule has 2 unspecified atom stereocenters. The maximum absolute atomic E-state index is 11.9. The van der Waals surface area contributed by atoms with Gasteiger partial charge in [-0.15, -0.1) is 0 Å². The molecule has 0 radical (unpaired) electrons. The molecule has 1 amide bonds. The number of carbonyl (C=O) groups is 2. The zero-order valence-corrected chi connectivity index (χ0v) is 11.0. The Labute approximate surface area is 106 Å². The number of aliphatic hydroxyl groups is 1. The van der Waals surface area contributed by atoms with Gasteiger partial charge in [0, 0.05) is 0 Å². The highest BCUT2D eigenvalue weighted by molar-refractivity contribution is 5.82. The molecule has 7 heteroatoms. The van der Waals surface area contributed by atoms with E-state index < -0.39 is 29.9 Å². The molecule has 1 heterocycles. The molecule has 7 nitrogen and oxygen atoms in total. The zero-order chi connectivity index (χ0) is 13.9. The molecule has 0 saturated carbocycles. The molecule has 1 N–H and O–H groups in total. The van der Waals surface area contributed by atoms with Crippen molar-refractivity contribution in [3.63, 3.8) is 0 Å². The summed E-state index contributed by atoms with van der Waals surface area (Å²) in [5.74, 6) is -0.653. The molecule has 0 aromatic rings. The van der Waals surface area contributed by atoms with Gasteiger partial charge in [-0.05, 0) is 20.8 Å². The van der Waals surface area contributed by atoms with E-state index in [9.17, 15) is 14.7 Å². The van der Waals surface area contributed by atoms with Gasteiger partial charge < -0.3 is 19.3 Å². The molecule has 1 aliphatic rings. The van der Waals surface area contributed by atoms with Crippen LogP contribution in [0.5, 0.6) is 0 Å². The van der Waals surface area contributed by atoms with Gasteiger partial charge in [0.25, 0.3) is 0 Å². The lowest BCUT2D eigenvalue weighted by atomic mass is 10.2. The highest BCUT2D eigenvalue weighted by Gasteiger charge is 2.41. The lowest BCUT2D eigenvalue weighted by Gasteiger charge is -2.38. The van der Waals surface area contributed by atoms with Crippen molar-refractivity contribution in [1.82, 2.24) is 4.90 Å². The van der Waals surface area contributed by atoms with E-state index in [1.54, 1.807) is 20.8 Å². The monoisotopic (exact) mass is 261 g/mol. The molecule has 18 heavy (non-hydrogen) atoms. The van der Waals surface area contributed by atoms with E-state index in [0.717, 1.165) is 4.90 Å². The molecule has 0 aliphatic carbocycles. The molecule has 1 rings (SSSR count). The normalized spacial score (nSPS) is 24.6. The second-order valence-electron chi connectivity index (χ2n) is 4.94. The third-order valence-corrected chi connectivity index (χ3v) is 2.28. The van der Waals surface area contributed by atoms with Crippen LogP contribution in [0.2, 0.25) is 0 Å². The number of morpholine rings is 1. The summed E-state index contributed by atoms with van der Waals surface area (Å²) in [6.07, 6.45) is -1.99. The lowest BCUT2D eigenvalue weighted by Crippen LogP contribution is -2.59. The molecule has 1 fully saturated rings. The first-order valence-electron chi connectivity index (χ1n) is 5.61. The largest absolute Gasteiger partial charge is 0.467 e. The molecule has 0 spiro atoms. The van der Waals surface area contributed by atoms with Gasteiger partial charge in [-0.2, -0.15) is 0 Å². The number of aliphatic hydroxyl groups excluding tert-OH is 1. The quantitative estimate of drug-likeness (QED) is 0.674. The molecular weight excluding hydrogens is 242 g/mol. The van der Waals surface area contributed by atoms with Crippen molar-refractivity contribution in [3.05, 3.63) is 0 Å². The topological polar surface area (TPSA) is 85.3 Å². The van der Waals surface area contributed by atoms with Crippen LogP contribution in [0.25, 0.3) is 0 Å². The van der Waals surface area contributed by atoms with Crippen LogP contribution in [0.4, 0.5) is 4.79 Å². The van der Waals surface area contributed by atoms with Gasteiger partial charge in [0.15, 0.2) is 12.3 Å². The Morgan fingerprint density at radius 3 is 2.44 bits per heavy atom. The fraction of sp³-hybridized carbons (Fsp3) is 0.818. The van der Waals surface area contributed by atoms with Gasteiger partial charge in [0.2, 0.25) is 0 Å². The van der Waals surface area contributed by atoms with Gasteiger partial charge in [-0.1, -0.05) is 0 Å². The van der Waals surface area contributed by atoms with E-state index in [2.05, 4.69) is 4.74 Å². The predicted molar refractivity (Wildman–Crippen MR) is 60.7 cm³/mol. The summed E-state index contributed by atoms with van der Waals surface area (Å²) in [5.41, 5.74) is -0.713. The van der Waals surface area contributed by atoms with E-state index in [-0.39, 0.29) is 13.2 Å². The summed E-state index contributed by atoms with van der Waals surface area (Å²) >= 11 is 0. The minimum atomic E-state index is -1.22. The summed E-state index contributed by atoms with van der Waals surface area (Å²) in [6, 6.07) is -0.992. The number of amides is 1. The smallest absolute Gasteiger partial charge is 0.413 e. The Bertz CT molecular complexity index is 324.